The number of aromatic amines is 1. The Balaban J connectivity index is 1.31. The van der Waals surface area contributed by atoms with Crippen molar-refractivity contribution in [3.05, 3.63) is 56.8 Å². The van der Waals surface area contributed by atoms with Crippen molar-refractivity contribution in [2.75, 3.05) is 32.0 Å². The van der Waals surface area contributed by atoms with Gasteiger partial charge in [-0.05, 0) is 20.8 Å². The van der Waals surface area contributed by atoms with Crippen molar-refractivity contribution >= 4 is 75.9 Å². The van der Waals surface area contributed by atoms with Crippen molar-refractivity contribution in [3.8, 4) is 10.7 Å². The molecule has 4 aromatic heterocycles. The second kappa shape index (κ2) is 31.9. The number of nitrogens with one attached hydrogen (secondary N) is 6. The predicted molar refractivity (Wildman–Crippen MR) is 306 cm³/mol. The molecule has 4 aromatic rings. The van der Waals surface area contributed by atoms with E-state index < -0.39 is 189 Å². The van der Waals surface area contributed by atoms with Crippen LogP contribution in [0.2, 0.25) is 0 Å². The summed E-state index contributed by atoms with van der Waals surface area (Å²) in [6.07, 6.45) is -25.1. The number of hydrogen-bond donors (Lipinski definition) is 20. The lowest BCUT2D eigenvalue weighted by atomic mass is 9.96. The van der Waals surface area contributed by atoms with Gasteiger partial charge in [0.1, 0.15) is 94.6 Å². The number of anilines is 1. The Bertz CT molecular complexity index is 3150. The molecule has 90 heavy (non-hydrogen) atoms. The first-order chi connectivity index (χ1) is 42.5. The summed E-state index contributed by atoms with van der Waals surface area (Å²) in [6, 6.07) is -7.85. The first-order valence-electron chi connectivity index (χ1n) is 27.4. The summed E-state index contributed by atoms with van der Waals surface area (Å²) in [5, 5.41) is 105. The van der Waals surface area contributed by atoms with Crippen LogP contribution in [-0.2, 0) is 54.1 Å². The summed E-state index contributed by atoms with van der Waals surface area (Å²) in [5.74, 6) is -9.13. The average molecular weight is 1310 g/mol. The Labute approximate surface area is 518 Å². The van der Waals surface area contributed by atoms with Gasteiger partial charge in [0.05, 0.1) is 72.7 Å². The Morgan fingerprint density at radius 3 is 2.07 bits per heavy atom. The van der Waals surface area contributed by atoms with Gasteiger partial charge >= 0.3 is 6.09 Å². The van der Waals surface area contributed by atoms with Gasteiger partial charge in [0, 0.05) is 42.3 Å². The number of nitrogens with two attached hydrogens (primary N) is 6. The number of thiazole rings is 2. The van der Waals surface area contributed by atoms with Crippen LogP contribution in [-0.4, -0.2) is 242 Å². The number of aromatic nitrogens is 6. The van der Waals surface area contributed by atoms with E-state index in [-0.39, 0.29) is 48.1 Å². The largest absolute Gasteiger partial charge is 0.441 e. The number of carbonyl (C=O) groups is 8. The van der Waals surface area contributed by atoms with Gasteiger partial charge in [-0.2, -0.15) is 0 Å². The molecule has 0 unspecified atom stereocenters. The molecule has 8 amide bonds. The molecule has 38 nitrogen and oxygen atoms in total. The highest BCUT2D eigenvalue weighted by atomic mass is 32.1. The molecule has 0 aromatic carbocycles. The number of nitrogens with zero attached hydrogens (tertiary/aromatic N) is 5. The fourth-order valence-electron chi connectivity index (χ4n) is 9.15. The summed E-state index contributed by atoms with van der Waals surface area (Å²) in [4.78, 5) is 129. The van der Waals surface area contributed by atoms with Crippen LogP contribution >= 0.6 is 22.7 Å². The second-order valence-corrected chi connectivity index (χ2v) is 22.7. The van der Waals surface area contributed by atoms with Crippen molar-refractivity contribution in [1.29, 1.82) is 0 Å². The monoisotopic (exact) mass is 1310 g/mol. The maximum Gasteiger partial charge on any atom is 0.404 e. The lowest BCUT2D eigenvalue weighted by Crippen LogP contribution is -2.65. The quantitative estimate of drug-likeness (QED) is 0.0222. The van der Waals surface area contributed by atoms with Gasteiger partial charge in [0.25, 0.3) is 11.8 Å². The molecular formula is C50H73N17O21S2. The normalized spacial score (nSPS) is 24.8. The van der Waals surface area contributed by atoms with Crippen molar-refractivity contribution in [1.82, 2.24) is 56.5 Å². The molecule has 0 aliphatic carbocycles. The van der Waals surface area contributed by atoms with E-state index in [1.807, 2.05) is 0 Å². The number of carbonyl (C=O) groups excluding carboxylic acids is 8. The van der Waals surface area contributed by atoms with E-state index in [2.05, 4.69) is 56.5 Å². The van der Waals surface area contributed by atoms with Gasteiger partial charge < -0.3 is 131 Å². The summed E-state index contributed by atoms with van der Waals surface area (Å²) >= 11 is 2.40. The molecule has 0 bridgehead atoms. The minimum atomic E-state index is -2.20. The maximum absolute atomic E-state index is 15.1. The molecule has 0 radical (unpaired) electrons. The van der Waals surface area contributed by atoms with Crippen molar-refractivity contribution < 1.29 is 103 Å². The summed E-state index contributed by atoms with van der Waals surface area (Å²) in [6.45, 7) is 2.60. The zero-order chi connectivity index (χ0) is 66.6. The Morgan fingerprint density at radius 1 is 0.789 bits per heavy atom. The van der Waals surface area contributed by atoms with Crippen LogP contribution in [0.15, 0.2) is 23.3 Å². The second-order valence-electron chi connectivity index (χ2n) is 20.9. The maximum atomic E-state index is 15.1. The SMILES string of the molecule is Cc1c(N)nc([C@H](CC(N)=O)NC[C@@H](N)C(N)=O)nc1C(=O)N[C@H](C(=O)N[C@@H](C)[C@@H](O)[C@@H](C)C(=O)N[C@@H](C(=O)NCCc1nc(-c2nc(C(N)=O)cs2)cs1)[C@H](C)O)[C@H](O[C@@H]1O[C@@H](CO)[C@@H](O)[C@@H](O)[C@H]1O[C@@H]1O[C@H](CO)[C@@H](O)[C@@H](OC(N)=O)[C@H]1O)c1cnc[nH]1. The third kappa shape index (κ3) is 17.9. The number of primary amides is 4. The van der Waals surface area contributed by atoms with Crippen LogP contribution in [0.1, 0.15) is 82.4 Å². The van der Waals surface area contributed by atoms with Crippen molar-refractivity contribution in [2.45, 2.75) is 150 Å². The molecule has 6 rings (SSSR count). The number of H-pyrrole nitrogens is 1. The van der Waals surface area contributed by atoms with Crippen molar-refractivity contribution in [3.63, 3.8) is 0 Å². The zero-order valence-corrected chi connectivity index (χ0v) is 50.1. The molecule has 2 fully saturated rings. The minimum Gasteiger partial charge on any atom is -0.441 e. The number of aliphatic hydroxyl groups is 8. The average Bonchev–Trinajstić information content (AvgIpc) is 0.905. The van der Waals surface area contributed by atoms with Gasteiger partial charge in [-0.25, -0.2) is 29.7 Å². The standard InChI is InChI=1S/C50H73N17O21S2/c1-15-28(64-42(67-39(15)53)20(7-26(52)71)59-8-19(51)40(54)77)45(81)66-30(36(21-9-57-14-60-21)86-49-38(34(75)32(73)24(10-68)85-49)87-48-35(76)37(88-50(56)83)33(74)25(11-69)84-48)46(82)61-17(3)31(72)16(2)43(79)65-29(18(4)70)44(80)58-6-5-27-62-23(13-89-27)47-63-22(12-90-47)41(55)78/h9,12-14,16-20,24-25,29-38,48-49,59,68-70,72-76H,5-8,10-11,51H2,1-4H3,(H2,52,71)(H2,54,77)(H2,55,78)(H2,56,83)(H,57,60)(H,58,80)(H,61,82)(H,65,79)(H,66,81)(H2,53,64,67)/t16-,17+,18+,19-,20+,24+,25-,29-,30+,31+,32-,33-,34-,35-,36-,37-,38-,48+,49+/m1/s1. The van der Waals surface area contributed by atoms with E-state index in [9.17, 15) is 74.4 Å². The highest BCUT2D eigenvalue weighted by Gasteiger charge is 2.54. The van der Waals surface area contributed by atoms with Gasteiger partial charge in [0.2, 0.25) is 29.5 Å². The molecule has 0 saturated carbocycles. The van der Waals surface area contributed by atoms with Crippen LogP contribution in [0.5, 0.6) is 0 Å². The van der Waals surface area contributed by atoms with Crippen molar-refractivity contribution in [2.24, 2.45) is 34.6 Å². The van der Waals surface area contributed by atoms with Gasteiger partial charge in [-0.1, -0.05) is 6.92 Å². The Hall–Kier alpha value is -7.65. The van der Waals surface area contributed by atoms with Crippen LogP contribution in [0.3, 0.4) is 0 Å². The summed E-state index contributed by atoms with van der Waals surface area (Å²) in [7, 11) is 0. The fourth-order valence-corrected chi connectivity index (χ4v) is 10.8. The lowest BCUT2D eigenvalue weighted by Gasteiger charge is -2.47. The molecule has 0 spiro atoms. The summed E-state index contributed by atoms with van der Waals surface area (Å²) in [5.41, 5.74) is 33.1. The van der Waals surface area contributed by atoms with Crippen LogP contribution in [0.25, 0.3) is 10.7 Å². The first-order valence-corrected chi connectivity index (χ1v) is 29.2. The predicted octanol–water partition coefficient (Wildman–Crippen LogP) is -8.60. The topological polar surface area (TPSA) is 641 Å². The molecule has 19 atom stereocenters. The van der Waals surface area contributed by atoms with E-state index in [0.717, 1.165) is 23.9 Å². The smallest absolute Gasteiger partial charge is 0.404 e. The van der Waals surface area contributed by atoms with E-state index >= 15 is 4.79 Å². The highest BCUT2D eigenvalue weighted by molar-refractivity contribution is 7.14. The Morgan fingerprint density at radius 2 is 1.47 bits per heavy atom. The van der Waals surface area contributed by atoms with E-state index in [0.29, 0.717) is 15.7 Å². The molecular weight excluding hydrogens is 1240 g/mol. The third-order valence-electron chi connectivity index (χ3n) is 14.3. The summed E-state index contributed by atoms with van der Waals surface area (Å²) < 4.78 is 28.7. The number of hydrogen-bond acceptors (Lipinski definition) is 31. The van der Waals surface area contributed by atoms with Gasteiger partial charge in [-0.15, -0.1) is 22.7 Å². The highest BCUT2D eigenvalue weighted by Crippen LogP contribution is 2.35. The van der Waals surface area contributed by atoms with Crippen LogP contribution < -0.4 is 61.0 Å². The molecule has 2 aliphatic heterocycles. The molecule has 496 valence electrons. The number of rotatable bonds is 31. The first kappa shape index (κ1) is 71.4. The van der Waals surface area contributed by atoms with E-state index in [1.54, 1.807) is 5.38 Å². The number of ether oxygens (including phenoxy) is 5. The van der Waals surface area contributed by atoms with Gasteiger partial charge in [0.15, 0.2) is 18.7 Å². The molecule has 2 aliphatic rings. The Kier molecular flexibility index (Phi) is 25.3. The molecule has 2 saturated heterocycles. The number of aliphatic hydroxyl groups excluding tert-OH is 8. The fraction of sp³-hybridized carbons (Fsp3) is 0.580. The minimum absolute atomic E-state index is 0.0170. The van der Waals surface area contributed by atoms with Gasteiger partial charge in [-0.3, -0.25) is 33.6 Å². The molecule has 6 heterocycles. The molecule has 40 heteroatoms. The van der Waals surface area contributed by atoms with Crippen LogP contribution in [0.4, 0.5) is 10.6 Å². The zero-order valence-electron chi connectivity index (χ0n) is 48.4. The van der Waals surface area contributed by atoms with E-state index in [4.69, 9.17) is 58.1 Å². The number of imidazole rings is 1. The third-order valence-corrected chi connectivity index (χ3v) is 16.1. The van der Waals surface area contributed by atoms with Crippen LogP contribution in [0, 0.1) is 12.8 Å². The van der Waals surface area contributed by atoms with E-state index in [1.165, 1.54) is 44.4 Å². The lowest BCUT2D eigenvalue weighted by molar-refractivity contribution is -0.372. The number of nitrogen functional groups attached to an aromatic ring is 1. The molecule has 26 N–H and O–H groups in total. The number of amides is 8.